The zero-order valence-corrected chi connectivity index (χ0v) is 10.7. The fourth-order valence-electron chi connectivity index (χ4n) is 2.38. The van der Waals surface area contributed by atoms with Gasteiger partial charge in [-0.05, 0) is 30.5 Å². The summed E-state index contributed by atoms with van der Waals surface area (Å²) < 4.78 is 0. The summed E-state index contributed by atoms with van der Waals surface area (Å²) in [6.07, 6.45) is 0. The number of aryl methyl sites for hydroxylation is 2. The lowest BCUT2D eigenvalue weighted by atomic mass is 10.1. The predicted molar refractivity (Wildman–Crippen MR) is 76.2 cm³/mol. The first-order valence-electron chi connectivity index (χ1n) is 6.21. The van der Waals surface area contributed by atoms with Gasteiger partial charge in [0.15, 0.2) is 0 Å². The van der Waals surface area contributed by atoms with Crippen LogP contribution in [0.25, 0.3) is 0 Å². The van der Waals surface area contributed by atoms with E-state index in [9.17, 15) is 0 Å². The van der Waals surface area contributed by atoms with Crippen LogP contribution in [0.2, 0.25) is 0 Å². The van der Waals surface area contributed by atoms with Gasteiger partial charge in [-0.3, -0.25) is 4.99 Å². The third-order valence-corrected chi connectivity index (χ3v) is 3.40. The topological polar surface area (TPSA) is 24.4 Å². The molecule has 18 heavy (non-hydrogen) atoms. The number of hydrogen-bond donors (Lipinski definition) is 1. The lowest BCUT2D eigenvalue weighted by Crippen LogP contribution is -2.13. The molecule has 2 heteroatoms. The molecule has 0 saturated carbocycles. The van der Waals surface area contributed by atoms with E-state index in [0.717, 1.165) is 12.4 Å². The number of nitrogens with zero attached hydrogens (tertiary/aromatic N) is 1. The zero-order valence-electron chi connectivity index (χ0n) is 10.7. The molecule has 90 valence electrons. The standard InChI is InChI=1S/C16H16N2/c1-11-6-5-7-12(2)15(11)18-16-14-9-4-3-8-13(14)10-17-16/h3-9H,10H2,1-2H3,(H,17,18). The highest BCUT2D eigenvalue weighted by Gasteiger charge is 2.16. The maximum absolute atomic E-state index is 4.59. The summed E-state index contributed by atoms with van der Waals surface area (Å²) >= 11 is 0. The molecule has 0 aromatic heterocycles. The molecule has 1 aliphatic rings. The molecule has 0 atom stereocenters. The predicted octanol–water partition coefficient (Wildman–Crippen LogP) is 3.68. The molecule has 2 aromatic carbocycles. The van der Waals surface area contributed by atoms with Crippen molar-refractivity contribution in [1.29, 1.82) is 0 Å². The molecule has 1 heterocycles. The minimum Gasteiger partial charge on any atom is -0.340 e. The average molecular weight is 236 g/mol. The van der Waals surface area contributed by atoms with E-state index in [4.69, 9.17) is 0 Å². The van der Waals surface area contributed by atoms with Gasteiger partial charge in [-0.25, -0.2) is 0 Å². The van der Waals surface area contributed by atoms with E-state index in [1.807, 2.05) is 0 Å². The average Bonchev–Trinajstić information content (AvgIpc) is 2.77. The lowest BCUT2D eigenvalue weighted by molar-refractivity contribution is 1.11. The molecule has 2 aromatic rings. The summed E-state index contributed by atoms with van der Waals surface area (Å²) in [5.41, 5.74) is 6.20. The molecule has 0 spiro atoms. The number of hydrogen-bond acceptors (Lipinski definition) is 2. The quantitative estimate of drug-likeness (QED) is 0.802. The van der Waals surface area contributed by atoms with Gasteiger partial charge in [0, 0.05) is 11.3 Å². The third kappa shape index (κ3) is 1.80. The first kappa shape index (κ1) is 11.0. The van der Waals surface area contributed by atoms with Gasteiger partial charge in [-0.15, -0.1) is 0 Å². The van der Waals surface area contributed by atoms with E-state index in [1.54, 1.807) is 0 Å². The minimum absolute atomic E-state index is 0.781. The maximum Gasteiger partial charge on any atom is 0.133 e. The number of amidine groups is 1. The molecule has 0 bridgehead atoms. The van der Waals surface area contributed by atoms with Gasteiger partial charge in [0.1, 0.15) is 5.84 Å². The van der Waals surface area contributed by atoms with Gasteiger partial charge in [0.25, 0.3) is 0 Å². The van der Waals surface area contributed by atoms with Crippen LogP contribution in [0.3, 0.4) is 0 Å². The molecular formula is C16H16N2. The Bertz CT molecular complexity index is 606. The SMILES string of the molecule is Cc1cccc(C)c1NC1=NCc2ccccc21. The Morgan fingerprint density at radius 1 is 0.944 bits per heavy atom. The van der Waals surface area contributed by atoms with Crippen molar-refractivity contribution in [3.63, 3.8) is 0 Å². The first-order valence-corrected chi connectivity index (χ1v) is 6.21. The van der Waals surface area contributed by atoms with E-state index >= 15 is 0 Å². The van der Waals surface area contributed by atoms with Crippen molar-refractivity contribution in [2.24, 2.45) is 4.99 Å². The van der Waals surface area contributed by atoms with Crippen LogP contribution in [0.1, 0.15) is 22.3 Å². The van der Waals surface area contributed by atoms with Crippen molar-refractivity contribution in [2.45, 2.75) is 20.4 Å². The summed E-state index contributed by atoms with van der Waals surface area (Å²) in [5.74, 6) is 0.989. The fraction of sp³-hybridized carbons (Fsp3) is 0.188. The van der Waals surface area contributed by atoms with Gasteiger partial charge in [0.2, 0.25) is 0 Å². The van der Waals surface area contributed by atoms with E-state index in [1.165, 1.54) is 27.9 Å². The Morgan fingerprint density at radius 3 is 2.44 bits per heavy atom. The number of nitrogens with one attached hydrogen (secondary N) is 1. The molecule has 0 unspecified atom stereocenters. The van der Waals surface area contributed by atoms with Crippen LogP contribution in [-0.4, -0.2) is 5.84 Å². The van der Waals surface area contributed by atoms with Crippen LogP contribution >= 0.6 is 0 Å². The van der Waals surface area contributed by atoms with Gasteiger partial charge in [-0.1, -0.05) is 42.5 Å². The smallest absolute Gasteiger partial charge is 0.133 e. The Hall–Kier alpha value is -2.09. The normalized spacial score (nSPS) is 13.1. The summed E-state index contributed by atoms with van der Waals surface area (Å²) in [6, 6.07) is 14.7. The van der Waals surface area contributed by atoms with Crippen LogP contribution < -0.4 is 5.32 Å². The van der Waals surface area contributed by atoms with Crippen molar-refractivity contribution < 1.29 is 0 Å². The molecule has 2 nitrogen and oxygen atoms in total. The Balaban J connectivity index is 1.96. The summed E-state index contributed by atoms with van der Waals surface area (Å²) in [6.45, 7) is 5.02. The summed E-state index contributed by atoms with van der Waals surface area (Å²) in [4.78, 5) is 4.59. The highest BCUT2D eigenvalue weighted by Crippen LogP contribution is 2.24. The van der Waals surface area contributed by atoms with Gasteiger partial charge >= 0.3 is 0 Å². The second-order valence-electron chi connectivity index (χ2n) is 4.71. The molecule has 0 saturated heterocycles. The van der Waals surface area contributed by atoms with Crippen LogP contribution in [0.15, 0.2) is 47.5 Å². The first-order chi connectivity index (χ1) is 8.75. The monoisotopic (exact) mass is 236 g/mol. The zero-order chi connectivity index (χ0) is 12.5. The van der Waals surface area contributed by atoms with Crippen LogP contribution in [-0.2, 0) is 6.54 Å². The van der Waals surface area contributed by atoms with Crippen molar-refractivity contribution >= 4 is 11.5 Å². The van der Waals surface area contributed by atoms with Crippen LogP contribution in [0.4, 0.5) is 5.69 Å². The number of anilines is 1. The van der Waals surface area contributed by atoms with Crippen molar-refractivity contribution in [2.75, 3.05) is 5.32 Å². The highest BCUT2D eigenvalue weighted by molar-refractivity contribution is 6.11. The number of benzene rings is 2. The van der Waals surface area contributed by atoms with Crippen molar-refractivity contribution in [3.05, 3.63) is 64.7 Å². The molecule has 3 rings (SSSR count). The van der Waals surface area contributed by atoms with Crippen molar-refractivity contribution in [3.8, 4) is 0 Å². The summed E-state index contributed by atoms with van der Waals surface area (Å²) in [7, 11) is 0. The van der Waals surface area contributed by atoms with Gasteiger partial charge < -0.3 is 5.32 Å². The van der Waals surface area contributed by atoms with Crippen LogP contribution in [0.5, 0.6) is 0 Å². The van der Waals surface area contributed by atoms with Crippen LogP contribution in [0, 0.1) is 13.8 Å². The largest absolute Gasteiger partial charge is 0.340 e. The van der Waals surface area contributed by atoms with Crippen molar-refractivity contribution in [1.82, 2.24) is 0 Å². The minimum atomic E-state index is 0.781. The van der Waals surface area contributed by atoms with Gasteiger partial charge in [0.05, 0.1) is 6.54 Å². The highest BCUT2D eigenvalue weighted by atomic mass is 15.0. The second-order valence-corrected chi connectivity index (χ2v) is 4.71. The third-order valence-electron chi connectivity index (χ3n) is 3.40. The molecule has 1 N–H and O–H groups in total. The molecule has 0 amide bonds. The number of rotatable bonds is 1. The summed E-state index contributed by atoms with van der Waals surface area (Å²) in [5, 5.41) is 3.48. The second kappa shape index (κ2) is 4.30. The Kier molecular flexibility index (Phi) is 2.63. The van der Waals surface area contributed by atoms with Gasteiger partial charge in [-0.2, -0.15) is 0 Å². The fourth-order valence-corrected chi connectivity index (χ4v) is 2.38. The molecule has 1 aliphatic heterocycles. The molecular weight excluding hydrogens is 220 g/mol. The number of aliphatic imine (C=N–C) groups is 1. The number of fused-ring (bicyclic) bond motifs is 1. The molecule has 0 aliphatic carbocycles. The van der Waals surface area contributed by atoms with E-state index in [-0.39, 0.29) is 0 Å². The Labute approximate surface area is 107 Å². The van der Waals surface area contributed by atoms with E-state index in [0.29, 0.717) is 0 Å². The molecule has 0 fully saturated rings. The van der Waals surface area contributed by atoms with E-state index < -0.39 is 0 Å². The Morgan fingerprint density at radius 2 is 1.67 bits per heavy atom. The lowest BCUT2D eigenvalue weighted by Gasteiger charge is -2.13. The number of para-hydroxylation sites is 1. The molecule has 0 radical (unpaired) electrons. The maximum atomic E-state index is 4.59. The van der Waals surface area contributed by atoms with E-state index in [2.05, 4.69) is 66.6 Å².